The van der Waals surface area contributed by atoms with Crippen LogP contribution in [0.25, 0.3) is 0 Å². The number of nitrogens with one attached hydrogen (secondary N) is 1. The van der Waals surface area contributed by atoms with E-state index in [1.54, 1.807) is 11.0 Å². The van der Waals surface area contributed by atoms with Gasteiger partial charge in [-0.15, -0.1) is 0 Å². The predicted octanol–water partition coefficient (Wildman–Crippen LogP) is 0.350. The van der Waals surface area contributed by atoms with Crippen molar-refractivity contribution in [3.63, 3.8) is 0 Å². The molecule has 1 unspecified atom stereocenters. The van der Waals surface area contributed by atoms with Gasteiger partial charge in [-0.1, -0.05) is 0 Å². The zero-order chi connectivity index (χ0) is 13.0. The summed E-state index contributed by atoms with van der Waals surface area (Å²) in [7, 11) is 3.62. The number of carboxylic acids is 1. The number of aromatic nitrogens is 1. The fraction of sp³-hybridized carbons (Fsp3) is 0.364. The van der Waals surface area contributed by atoms with E-state index in [9.17, 15) is 9.59 Å². The van der Waals surface area contributed by atoms with Gasteiger partial charge in [0.25, 0.3) is 5.91 Å². The Hall–Kier alpha value is -2.11. The Balaban J connectivity index is 2.82. The molecule has 0 aliphatic heterocycles. The van der Waals surface area contributed by atoms with Crippen molar-refractivity contribution in [3.05, 3.63) is 23.9 Å². The van der Waals surface area contributed by atoms with Gasteiger partial charge < -0.3 is 15.3 Å². The zero-order valence-corrected chi connectivity index (χ0v) is 9.97. The highest BCUT2D eigenvalue weighted by Crippen LogP contribution is 2.09. The van der Waals surface area contributed by atoms with E-state index in [4.69, 9.17) is 5.11 Å². The van der Waals surface area contributed by atoms with Crippen molar-refractivity contribution < 1.29 is 14.7 Å². The van der Waals surface area contributed by atoms with Gasteiger partial charge in [-0.2, -0.15) is 0 Å². The van der Waals surface area contributed by atoms with Crippen molar-refractivity contribution in [1.82, 2.24) is 10.3 Å². The van der Waals surface area contributed by atoms with Crippen molar-refractivity contribution in [2.75, 3.05) is 19.0 Å². The summed E-state index contributed by atoms with van der Waals surface area (Å²) in [5.41, 5.74) is 0.386. The first-order valence-electron chi connectivity index (χ1n) is 5.09. The van der Waals surface area contributed by atoms with Gasteiger partial charge in [-0.3, -0.25) is 9.59 Å². The molecular formula is C11H15N3O3. The Labute approximate surface area is 99.3 Å². The maximum Gasteiger partial charge on any atom is 0.325 e. The molecule has 0 aliphatic carbocycles. The lowest BCUT2D eigenvalue weighted by atomic mass is 10.2. The Morgan fingerprint density at radius 2 is 2.12 bits per heavy atom. The Bertz CT molecular complexity index is 432. The van der Waals surface area contributed by atoms with Gasteiger partial charge in [0, 0.05) is 25.9 Å². The molecule has 2 N–H and O–H groups in total. The standard InChI is InChI=1S/C11H15N3O3/c1-7(11(16)17)13-10(15)8-4-5-12-9(6-8)14(2)3/h4-7H,1-3H3,(H,13,15)(H,16,17). The normalized spacial score (nSPS) is 11.7. The van der Waals surface area contributed by atoms with E-state index in [1.165, 1.54) is 19.2 Å². The van der Waals surface area contributed by atoms with Crippen molar-refractivity contribution in [2.45, 2.75) is 13.0 Å². The van der Waals surface area contributed by atoms with Crippen LogP contribution in [0, 0.1) is 0 Å². The Morgan fingerprint density at radius 3 is 2.65 bits per heavy atom. The van der Waals surface area contributed by atoms with E-state index in [0.717, 1.165) is 0 Å². The maximum atomic E-state index is 11.7. The third-order valence-corrected chi connectivity index (χ3v) is 2.18. The monoisotopic (exact) mass is 237 g/mol. The summed E-state index contributed by atoms with van der Waals surface area (Å²) in [6.45, 7) is 1.41. The average Bonchev–Trinajstić information content (AvgIpc) is 2.28. The first-order valence-corrected chi connectivity index (χ1v) is 5.09. The quantitative estimate of drug-likeness (QED) is 0.789. The molecule has 17 heavy (non-hydrogen) atoms. The molecule has 1 rings (SSSR count). The van der Waals surface area contributed by atoms with Gasteiger partial charge in [-0.05, 0) is 19.1 Å². The SMILES string of the molecule is CC(NC(=O)c1ccnc(N(C)C)c1)C(=O)O. The topological polar surface area (TPSA) is 82.5 Å². The van der Waals surface area contributed by atoms with Crippen LogP contribution in [0.15, 0.2) is 18.3 Å². The number of carbonyl (C=O) groups is 2. The van der Waals surface area contributed by atoms with Crippen LogP contribution in [-0.4, -0.2) is 42.1 Å². The van der Waals surface area contributed by atoms with Gasteiger partial charge in [-0.25, -0.2) is 4.98 Å². The van der Waals surface area contributed by atoms with Crippen LogP contribution in [0.3, 0.4) is 0 Å². The second-order valence-corrected chi connectivity index (χ2v) is 3.83. The number of nitrogens with zero attached hydrogens (tertiary/aromatic N) is 2. The second-order valence-electron chi connectivity index (χ2n) is 3.83. The molecule has 0 fully saturated rings. The van der Waals surface area contributed by atoms with Crippen molar-refractivity contribution in [1.29, 1.82) is 0 Å². The van der Waals surface area contributed by atoms with E-state index in [1.807, 2.05) is 14.1 Å². The summed E-state index contributed by atoms with van der Waals surface area (Å²) in [6, 6.07) is 2.22. The van der Waals surface area contributed by atoms with E-state index >= 15 is 0 Å². The number of hydrogen-bond acceptors (Lipinski definition) is 4. The molecule has 0 bridgehead atoms. The molecule has 1 atom stereocenters. The van der Waals surface area contributed by atoms with E-state index in [-0.39, 0.29) is 0 Å². The van der Waals surface area contributed by atoms with Crippen LogP contribution >= 0.6 is 0 Å². The van der Waals surface area contributed by atoms with Gasteiger partial charge in [0.1, 0.15) is 11.9 Å². The minimum Gasteiger partial charge on any atom is -0.480 e. The largest absolute Gasteiger partial charge is 0.480 e. The van der Waals surface area contributed by atoms with Gasteiger partial charge >= 0.3 is 5.97 Å². The summed E-state index contributed by atoms with van der Waals surface area (Å²) >= 11 is 0. The number of amides is 1. The molecule has 92 valence electrons. The molecule has 1 aromatic heterocycles. The summed E-state index contributed by atoms with van der Waals surface area (Å²) in [4.78, 5) is 28.1. The van der Waals surface area contributed by atoms with Gasteiger partial charge in [0.15, 0.2) is 0 Å². The summed E-state index contributed by atoms with van der Waals surface area (Å²) < 4.78 is 0. The molecule has 0 aromatic carbocycles. The fourth-order valence-corrected chi connectivity index (χ4v) is 1.15. The van der Waals surface area contributed by atoms with Crippen LogP contribution in [0.5, 0.6) is 0 Å². The molecule has 1 heterocycles. The Kier molecular flexibility index (Phi) is 4.03. The summed E-state index contributed by atoms with van der Waals surface area (Å²) in [6.07, 6.45) is 1.51. The van der Waals surface area contributed by atoms with Crippen LogP contribution in [-0.2, 0) is 4.79 Å². The number of aliphatic carboxylic acids is 1. The fourth-order valence-electron chi connectivity index (χ4n) is 1.15. The van der Waals surface area contributed by atoms with Crippen LogP contribution < -0.4 is 10.2 Å². The molecule has 1 amide bonds. The zero-order valence-electron chi connectivity index (χ0n) is 9.97. The first-order chi connectivity index (χ1) is 7.91. The van der Waals surface area contributed by atoms with Crippen molar-refractivity contribution in [2.24, 2.45) is 0 Å². The lowest BCUT2D eigenvalue weighted by molar-refractivity contribution is -0.138. The molecule has 0 aliphatic rings. The van der Waals surface area contributed by atoms with Crippen LogP contribution in [0.2, 0.25) is 0 Å². The van der Waals surface area contributed by atoms with Crippen molar-refractivity contribution >= 4 is 17.7 Å². The smallest absolute Gasteiger partial charge is 0.325 e. The van der Waals surface area contributed by atoms with Gasteiger partial charge in [0.2, 0.25) is 0 Å². The third kappa shape index (κ3) is 3.44. The molecule has 0 saturated heterocycles. The summed E-state index contributed by atoms with van der Waals surface area (Å²) in [5, 5.41) is 11.1. The molecule has 0 spiro atoms. The number of pyridine rings is 1. The first kappa shape index (κ1) is 13.0. The molecular weight excluding hydrogens is 222 g/mol. The molecule has 6 nitrogen and oxygen atoms in total. The number of hydrogen-bond donors (Lipinski definition) is 2. The minimum absolute atomic E-state index is 0.386. The summed E-state index contributed by atoms with van der Waals surface area (Å²) in [5.74, 6) is -0.855. The lowest BCUT2D eigenvalue weighted by Gasteiger charge is -2.13. The highest BCUT2D eigenvalue weighted by Gasteiger charge is 2.15. The van der Waals surface area contributed by atoms with E-state index < -0.39 is 17.9 Å². The third-order valence-electron chi connectivity index (χ3n) is 2.18. The van der Waals surface area contributed by atoms with Gasteiger partial charge in [0.05, 0.1) is 0 Å². The average molecular weight is 237 g/mol. The highest BCUT2D eigenvalue weighted by atomic mass is 16.4. The van der Waals surface area contributed by atoms with E-state index in [2.05, 4.69) is 10.3 Å². The predicted molar refractivity (Wildman–Crippen MR) is 63.1 cm³/mol. The number of carboxylic acid groups (broad SMARTS) is 1. The number of anilines is 1. The molecule has 0 saturated carbocycles. The molecule has 1 aromatic rings. The van der Waals surface area contributed by atoms with Crippen molar-refractivity contribution in [3.8, 4) is 0 Å². The second kappa shape index (κ2) is 5.29. The molecule has 0 radical (unpaired) electrons. The maximum absolute atomic E-state index is 11.7. The Morgan fingerprint density at radius 1 is 1.47 bits per heavy atom. The number of carbonyl (C=O) groups excluding carboxylic acids is 1. The minimum atomic E-state index is -1.07. The molecule has 6 heteroatoms. The van der Waals surface area contributed by atoms with Crippen LogP contribution in [0.4, 0.5) is 5.82 Å². The highest BCUT2D eigenvalue weighted by molar-refractivity contribution is 5.96. The number of rotatable bonds is 4. The van der Waals surface area contributed by atoms with Crippen LogP contribution in [0.1, 0.15) is 17.3 Å². The lowest BCUT2D eigenvalue weighted by Crippen LogP contribution is -2.38. The van der Waals surface area contributed by atoms with E-state index in [0.29, 0.717) is 11.4 Å².